The summed E-state index contributed by atoms with van der Waals surface area (Å²) >= 11 is 0. The van der Waals surface area contributed by atoms with Gasteiger partial charge in [0.1, 0.15) is 6.10 Å². The Morgan fingerprint density at radius 1 is 0.812 bits per heavy atom. The van der Waals surface area contributed by atoms with Crippen LogP contribution in [-0.4, -0.2) is 29.3 Å². The molecule has 1 aromatic carbocycles. The van der Waals surface area contributed by atoms with Crippen LogP contribution in [0.25, 0.3) is 0 Å². The van der Waals surface area contributed by atoms with E-state index in [1.807, 2.05) is 6.07 Å². The van der Waals surface area contributed by atoms with Crippen LogP contribution in [0, 0.1) is 0 Å². The van der Waals surface area contributed by atoms with E-state index in [0.29, 0.717) is 19.1 Å². The van der Waals surface area contributed by atoms with E-state index in [1.54, 1.807) is 0 Å². The van der Waals surface area contributed by atoms with Crippen LogP contribution in [0.1, 0.15) is 109 Å². The SMILES string of the molecule is CCCC(CCCCCCCCC(CCCCC(=O)O)OC(C)=O)OCc1ccccc1. The molecule has 0 saturated carbocycles. The lowest BCUT2D eigenvalue weighted by atomic mass is 10.0. The minimum absolute atomic E-state index is 0.0714. The maximum Gasteiger partial charge on any atom is 0.303 e. The number of carboxylic acid groups (broad SMARTS) is 1. The fourth-order valence-electron chi connectivity index (χ4n) is 4.02. The summed E-state index contributed by atoms with van der Waals surface area (Å²) in [6.07, 6.45) is 14.0. The topological polar surface area (TPSA) is 72.8 Å². The Hall–Kier alpha value is -1.88. The lowest BCUT2D eigenvalue weighted by Crippen LogP contribution is -2.16. The standard InChI is InChI=1S/C27H44O5/c1-3-15-25(31-22-24-16-9-8-10-17-24)18-11-6-4-5-7-12-19-26(32-23(2)28)20-13-14-21-27(29)30/h8-10,16-17,25-26H,3-7,11-15,18-22H2,1-2H3,(H,29,30). The molecule has 0 aliphatic heterocycles. The predicted molar refractivity (Wildman–Crippen MR) is 129 cm³/mol. The Balaban J connectivity index is 2.11. The number of carbonyl (C=O) groups is 2. The maximum absolute atomic E-state index is 11.3. The van der Waals surface area contributed by atoms with Gasteiger partial charge in [-0.3, -0.25) is 9.59 Å². The Kier molecular flexibility index (Phi) is 16.4. The largest absolute Gasteiger partial charge is 0.481 e. The summed E-state index contributed by atoms with van der Waals surface area (Å²) in [6.45, 7) is 4.36. The molecular formula is C27H44O5. The molecule has 32 heavy (non-hydrogen) atoms. The second-order valence-electron chi connectivity index (χ2n) is 8.78. The fraction of sp³-hybridized carbons (Fsp3) is 0.704. The Bertz CT molecular complexity index is 601. The lowest BCUT2D eigenvalue weighted by Gasteiger charge is -2.18. The first-order chi connectivity index (χ1) is 15.5. The third-order valence-electron chi connectivity index (χ3n) is 5.74. The second kappa shape index (κ2) is 18.7. The van der Waals surface area contributed by atoms with Crippen molar-refractivity contribution in [1.29, 1.82) is 0 Å². The predicted octanol–water partition coefficient (Wildman–Crippen LogP) is 7.07. The zero-order chi connectivity index (χ0) is 23.4. The monoisotopic (exact) mass is 448 g/mol. The van der Waals surface area contributed by atoms with Crippen molar-refractivity contribution in [3.63, 3.8) is 0 Å². The van der Waals surface area contributed by atoms with Crippen LogP contribution in [0.15, 0.2) is 30.3 Å². The van der Waals surface area contributed by atoms with Crippen molar-refractivity contribution in [3.05, 3.63) is 35.9 Å². The van der Waals surface area contributed by atoms with Crippen molar-refractivity contribution in [2.75, 3.05) is 0 Å². The number of carbonyl (C=O) groups excluding carboxylic acids is 1. The summed E-state index contributed by atoms with van der Waals surface area (Å²) in [4.78, 5) is 21.9. The summed E-state index contributed by atoms with van der Waals surface area (Å²) in [5.41, 5.74) is 1.24. The lowest BCUT2D eigenvalue weighted by molar-refractivity contribution is -0.147. The number of rotatable bonds is 20. The molecule has 0 heterocycles. The molecule has 1 rings (SSSR count). The number of unbranched alkanes of at least 4 members (excludes halogenated alkanes) is 6. The van der Waals surface area contributed by atoms with Gasteiger partial charge in [-0.25, -0.2) is 0 Å². The van der Waals surface area contributed by atoms with E-state index in [4.69, 9.17) is 14.6 Å². The highest BCUT2D eigenvalue weighted by atomic mass is 16.5. The van der Waals surface area contributed by atoms with Gasteiger partial charge in [0.2, 0.25) is 0 Å². The zero-order valence-corrected chi connectivity index (χ0v) is 20.2. The summed E-state index contributed by atoms with van der Waals surface area (Å²) in [5.74, 6) is -1.01. The molecule has 0 amide bonds. The molecular weight excluding hydrogens is 404 g/mol. The van der Waals surface area contributed by atoms with Crippen LogP contribution in [0.2, 0.25) is 0 Å². The van der Waals surface area contributed by atoms with Crippen molar-refractivity contribution in [3.8, 4) is 0 Å². The van der Waals surface area contributed by atoms with Gasteiger partial charge in [-0.05, 0) is 50.5 Å². The third-order valence-corrected chi connectivity index (χ3v) is 5.74. The van der Waals surface area contributed by atoms with Gasteiger partial charge in [-0.15, -0.1) is 0 Å². The Labute approximate surface area is 194 Å². The highest BCUT2D eigenvalue weighted by Gasteiger charge is 2.12. The first-order valence-corrected chi connectivity index (χ1v) is 12.6. The van der Waals surface area contributed by atoms with E-state index in [2.05, 4.69) is 31.2 Å². The number of hydrogen-bond donors (Lipinski definition) is 1. The highest BCUT2D eigenvalue weighted by molar-refractivity contribution is 5.66. The van der Waals surface area contributed by atoms with Gasteiger partial charge < -0.3 is 14.6 Å². The molecule has 0 radical (unpaired) electrons. The molecule has 1 N–H and O–H groups in total. The molecule has 0 bridgehead atoms. The molecule has 5 heteroatoms. The molecule has 182 valence electrons. The number of esters is 1. The van der Waals surface area contributed by atoms with Crippen molar-refractivity contribution >= 4 is 11.9 Å². The quantitative estimate of drug-likeness (QED) is 0.171. The van der Waals surface area contributed by atoms with E-state index in [1.165, 1.54) is 38.2 Å². The third kappa shape index (κ3) is 15.9. The average molecular weight is 449 g/mol. The van der Waals surface area contributed by atoms with E-state index in [0.717, 1.165) is 51.4 Å². The fourth-order valence-corrected chi connectivity index (χ4v) is 4.02. The maximum atomic E-state index is 11.3. The van der Waals surface area contributed by atoms with E-state index < -0.39 is 5.97 Å². The average Bonchev–Trinajstić information content (AvgIpc) is 2.76. The van der Waals surface area contributed by atoms with Crippen LogP contribution in [0.3, 0.4) is 0 Å². The van der Waals surface area contributed by atoms with Crippen LogP contribution < -0.4 is 0 Å². The molecule has 0 aromatic heterocycles. The number of hydrogen-bond acceptors (Lipinski definition) is 4. The molecule has 0 saturated heterocycles. The summed E-state index contributed by atoms with van der Waals surface area (Å²) in [7, 11) is 0. The van der Waals surface area contributed by atoms with Crippen molar-refractivity contribution in [2.45, 2.75) is 123 Å². The van der Waals surface area contributed by atoms with Gasteiger partial charge in [0, 0.05) is 13.3 Å². The van der Waals surface area contributed by atoms with Gasteiger partial charge >= 0.3 is 11.9 Å². The molecule has 0 aliphatic carbocycles. The molecule has 0 spiro atoms. The van der Waals surface area contributed by atoms with Crippen molar-refractivity contribution < 1.29 is 24.2 Å². The van der Waals surface area contributed by atoms with Crippen LogP contribution >= 0.6 is 0 Å². The second-order valence-corrected chi connectivity index (χ2v) is 8.78. The Morgan fingerprint density at radius 2 is 1.38 bits per heavy atom. The molecule has 5 nitrogen and oxygen atoms in total. The van der Waals surface area contributed by atoms with Gasteiger partial charge in [-0.1, -0.05) is 75.8 Å². The summed E-state index contributed by atoms with van der Waals surface area (Å²) in [5, 5.41) is 8.72. The van der Waals surface area contributed by atoms with E-state index >= 15 is 0 Å². The first kappa shape index (κ1) is 28.2. The van der Waals surface area contributed by atoms with Gasteiger partial charge in [0.15, 0.2) is 0 Å². The molecule has 2 atom stereocenters. The van der Waals surface area contributed by atoms with Crippen molar-refractivity contribution in [1.82, 2.24) is 0 Å². The molecule has 0 aliphatic rings. The first-order valence-electron chi connectivity index (χ1n) is 12.6. The Morgan fingerprint density at radius 3 is 1.94 bits per heavy atom. The number of ether oxygens (including phenoxy) is 2. The number of carboxylic acids is 1. The van der Waals surface area contributed by atoms with Gasteiger partial charge in [-0.2, -0.15) is 0 Å². The number of benzene rings is 1. The van der Waals surface area contributed by atoms with Crippen LogP contribution in [-0.2, 0) is 25.7 Å². The zero-order valence-electron chi connectivity index (χ0n) is 20.2. The number of aliphatic carboxylic acids is 1. The molecule has 1 aromatic rings. The van der Waals surface area contributed by atoms with E-state index in [-0.39, 0.29) is 18.5 Å². The van der Waals surface area contributed by atoms with Gasteiger partial charge in [0.25, 0.3) is 0 Å². The molecule has 2 unspecified atom stereocenters. The van der Waals surface area contributed by atoms with Crippen LogP contribution in [0.4, 0.5) is 0 Å². The summed E-state index contributed by atoms with van der Waals surface area (Å²) < 4.78 is 11.6. The normalized spacial score (nSPS) is 12.9. The van der Waals surface area contributed by atoms with Crippen LogP contribution in [0.5, 0.6) is 0 Å². The minimum atomic E-state index is -0.766. The minimum Gasteiger partial charge on any atom is -0.481 e. The molecule has 0 fully saturated rings. The van der Waals surface area contributed by atoms with Crippen molar-refractivity contribution in [2.24, 2.45) is 0 Å². The van der Waals surface area contributed by atoms with E-state index in [9.17, 15) is 9.59 Å². The smallest absolute Gasteiger partial charge is 0.303 e. The summed E-state index contributed by atoms with van der Waals surface area (Å²) in [6, 6.07) is 10.4. The van der Waals surface area contributed by atoms with Gasteiger partial charge in [0.05, 0.1) is 12.7 Å². The highest BCUT2D eigenvalue weighted by Crippen LogP contribution is 2.18.